The lowest BCUT2D eigenvalue weighted by atomic mass is 10.0. The Morgan fingerprint density at radius 1 is 1.71 bits per heavy atom. The molecule has 1 heterocycles. The first-order valence-electron chi connectivity index (χ1n) is 4.40. The molecule has 0 aromatic rings. The first-order valence-corrected chi connectivity index (χ1v) is 4.40. The minimum Gasteiger partial charge on any atom is -0.458 e. The Balaban J connectivity index is 2.87. The molecule has 14 heavy (non-hydrogen) atoms. The van der Waals surface area contributed by atoms with Gasteiger partial charge >= 0.3 is 5.97 Å². The fourth-order valence-corrected chi connectivity index (χ4v) is 1.19. The molecule has 0 unspecified atom stereocenters. The summed E-state index contributed by atoms with van der Waals surface area (Å²) in [5.74, 6) is -0.993. The van der Waals surface area contributed by atoms with E-state index in [9.17, 15) is 14.7 Å². The van der Waals surface area contributed by atoms with E-state index in [1.54, 1.807) is 13.8 Å². The highest BCUT2D eigenvalue weighted by molar-refractivity contribution is 5.97. The van der Waals surface area contributed by atoms with E-state index in [2.05, 4.69) is 10.1 Å². The third-order valence-corrected chi connectivity index (χ3v) is 2.08. The van der Waals surface area contributed by atoms with E-state index in [0.29, 0.717) is 17.7 Å². The smallest absolute Gasteiger partial charge is 0.339 e. The Kier molecular flexibility index (Phi) is 3.24. The van der Waals surface area contributed by atoms with Gasteiger partial charge in [-0.2, -0.15) is 0 Å². The zero-order valence-electron chi connectivity index (χ0n) is 8.16. The van der Waals surface area contributed by atoms with Gasteiger partial charge in [0, 0.05) is 6.54 Å². The van der Waals surface area contributed by atoms with Gasteiger partial charge in [-0.15, -0.1) is 0 Å². The molecule has 0 radical (unpaired) electrons. The first kappa shape index (κ1) is 10.7. The summed E-state index contributed by atoms with van der Waals surface area (Å²) in [5, 5.41) is 11.9. The van der Waals surface area contributed by atoms with E-state index in [0.717, 1.165) is 0 Å². The zero-order valence-corrected chi connectivity index (χ0v) is 8.16. The van der Waals surface area contributed by atoms with Crippen LogP contribution in [0.2, 0.25) is 0 Å². The number of carbonyl (C=O) groups is 2. The van der Waals surface area contributed by atoms with Gasteiger partial charge in [-0.05, 0) is 19.4 Å². The Bertz CT molecular complexity index is 295. The highest BCUT2D eigenvalue weighted by atomic mass is 16.5. The largest absolute Gasteiger partial charge is 0.458 e. The Hall–Kier alpha value is -1.36. The van der Waals surface area contributed by atoms with Crippen LogP contribution in [0.4, 0.5) is 0 Å². The van der Waals surface area contributed by atoms with Crippen molar-refractivity contribution in [2.45, 2.75) is 20.0 Å². The number of cyclic esters (lactones) is 1. The number of ether oxygens (including phenoxy) is 1. The quantitative estimate of drug-likeness (QED) is 0.580. The van der Waals surface area contributed by atoms with Gasteiger partial charge in [-0.1, -0.05) is 0 Å². The summed E-state index contributed by atoms with van der Waals surface area (Å²) >= 11 is 0. The fraction of sp³-hybridized carbons (Fsp3) is 0.556. The van der Waals surface area contributed by atoms with Crippen LogP contribution in [0.25, 0.3) is 0 Å². The molecule has 0 fully saturated rings. The highest BCUT2D eigenvalue weighted by Crippen LogP contribution is 2.16. The Morgan fingerprint density at radius 2 is 2.36 bits per heavy atom. The van der Waals surface area contributed by atoms with Crippen LogP contribution in [-0.2, 0) is 14.3 Å². The van der Waals surface area contributed by atoms with Crippen molar-refractivity contribution in [2.75, 3.05) is 13.2 Å². The molecule has 1 aliphatic heterocycles. The van der Waals surface area contributed by atoms with Crippen LogP contribution in [0, 0.1) is 0 Å². The molecule has 0 saturated carbocycles. The van der Waals surface area contributed by atoms with Gasteiger partial charge < -0.3 is 15.2 Å². The van der Waals surface area contributed by atoms with E-state index in [4.69, 9.17) is 0 Å². The van der Waals surface area contributed by atoms with Crippen molar-refractivity contribution >= 4 is 11.9 Å². The average molecular weight is 199 g/mol. The second-order valence-corrected chi connectivity index (χ2v) is 3.03. The number of rotatable bonds is 2. The zero-order chi connectivity index (χ0) is 10.7. The second kappa shape index (κ2) is 4.23. The topological polar surface area (TPSA) is 75.6 Å². The number of esters is 1. The SMILES string of the molecule is CCNC(=O)C1=C(C)[C@H](O)C(=O)OC1. The molecule has 0 aromatic carbocycles. The summed E-state index contributed by atoms with van der Waals surface area (Å²) in [7, 11) is 0. The number of aliphatic hydroxyl groups is 1. The minimum absolute atomic E-state index is 0.0619. The van der Waals surface area contributed by atoms with Crippen molar-refractivity contribution in [1.29, 1.82) is 0 Å². The number of likely N-dealkylation sites (N-methyl/N-ethyl adjacent to an activating group) is 1. The van der Waals surface area contributed by atoms with Crippen LogP contribution in [0.15, 0.2) is 11.1 Å². The minimum atomic E-state index is -1.30. The Morgan fingerprint density at radius 3 is 2.93 bits per heavy atom. The molecule has 2 N–H and O–H groups in total. The van der Waals surface area contributed by atoms with Crippen molar-refractivity contribution in [1.82, 2.24) is 5.32 Å². The molecular weight excluding hydrogens is 186 g/mol. The lowest BCUT2D eigenvalue weighted by Crippen LogP contribution is -2.37. The molecule has 78 valence electrons. The lowest BCUT2D eigenvalue weighted by molar-refractivity contribution is -0.152. The second-order valence-electron chi connectivity index (χ2n) is 3.03. The lowest BCUT2D eigenvalue weighted by Gasteiger charge is -2.21. The normalized spacial score (nSPS) is 21.9. The van der Waals surface area contributed by atoms with E-state index < -0.39 is 12.1 Å². The number of carbonyl (C=O) groups excluding carboxylic acids is 2. The molecule has 0 saturated heterocycles. The van der Waals surface area contributed by atoms with Crippen LogP contribution < -0.4 is 5.32 Å². The van der Waals surface area contributed by atoms with Crippen molar-refractivity contribution < 1.29 is 19.4 Å². The van der Waals surface area contributed by atoms with Crippen LogP contribution in [0.3, 0.4) is 0 Å². The molecule has 1 atom stereocenters. The molecule has 5 nitrogen and oxygen atoms in total. The summed E-state index contributed by atoms with van der Waals surface area (Å²) in [6, 6.07) is 0. The number of aliphatic hydroxyl groups excluding tert-OH is 1. The van der Waals surface area contributed by atoms with Crippen LogP contribution in [0.5, 0.6) is 0 Å². The first-order chi connectivity index (χ1) is 6.57. The van der Waals surface area contributed by atoms with Gasteiger partial charge in [0.1, 0.15) is 6.61 Å². The van der Waals surface area contributed by atoms with E-state index in [-0.39, 0.29) is 12.5 Å². The maximum Gasteiger partial charge on any atom is 0.339 e. The molecule has 0 aromatic heterocycles. The third-order valence-electron chi connectivity index (χ3n) is 2.08. The van der Waals surface area contributed by atoms with E-state index >= 15 is 0 Å². The number of nitrogens with one attached hydrogen (secondary N) is 1. The van der Waals surface area contributed by atoms with Gasteiger partial charge in [0.25, 0.3) is 5.91 Å². The molecule has 1 rings (SSSR count). The van der Waals surface area contributed by atoms with E-state index in [1.165, 1.54) is 0 Å². The van der Waals surface area contributed by atoms with Crippen molar-refractivity contribution in [3.05, 3.63) is 11.1 Å². The van der Waals surface area contributed by atoms with Gasteiger partial charge in [-0.3, -0.25) is 4.79 Å². The van der Waals surface area contributed by atoms with E-state index in [1.807, 2.05) is 0 Å². The standard InChI is InChI=1S/C9H13NO4/c1-3-10-8(12)6-4-14-9(13)7(11)5(6)2/h7,11H,3-4H2,1-2H3,(H,10,12)/t7-/m0/s1. The van der Waals surface area contributed by atoms with Crippen molar-refractivity contribution in [2.24, 2.45) is 0 Å². The summed E-state index contributed by atoms with van der Waals surface area (Å²) in [5.41, 5.74) is 0.700. The maximum absolute atomic E-state index is 11.4. The number of amides is 1. The predicted octanol–water partition coefficient (Wildman–Crippen LogP) is -0.643. The molecule has 0 aliphatic carbocycles. The summed E-state index contributed by atoms with van der Waals surface area (Å²) < 4.78 is 4.63. The summed E-state index contributed by atoms with van der Waals surface area (Å²) in [6.07, 6.45) is -1.30. The van der Waals surface area contributed by atoms with Gasteiger partial charge in [0.15, 0.2) is 6.10 Å². The summed E-state index contributed by atoms with van der Waals surface area (Å²) in [4.78, 5) is 22.3. The highest BCUT2D eigenvalue weighted by Gasteiger charge is 2.29. The molecule has 0 bridgehead atoms. The average Bonchev–Trinajstić information content (AvgIpc) is 2.15. The number of hydrogen-bond acceptors (Lipinski definition) is 4. The maximum atomic E-state index is 11.4. The Labute approximate surface area is 81.7 Å². The molecule has 5 heteroatoms. The van der Waals surface area contributed by atoms with Gasteiger partial charge in [0.2, 0.25) is 0 Å². The van der Waals surface area contributed by atoms with Crippen LogP contribution >= 0.6 is 0 Å². The van der Waals surface area contributed by atoms with Crippen molar-refractivity contribution in [3.63, 3.8) is 0 Å². The van der Waals surface area contributed by atoms with Crippen LogP contribution in [-0.4, -0.2) is 36.2 Å². The third kappa shape index (κ3) is 1.93. The van der Waals surface area contributed by atoms with Crippen LogP contribution in [0.1, 0.15) is 13.8 Å². The van der Waals surface area contributed by atoms with Crippen molar-refractivity contribution in [3.8, 4) is 0 Å². The predicted molar refractivity (Wildman–Crippen MR) is 48.3 cm³/mol. The molecule has 0 spiro atoms. The fourth-order valence-electron chi connectivity index (χ4n) is 1.19. The van der Waals surface area contributed by atoms with Gasteiger partial charge in [-0.25, -0.2) is 4.79 Å². The number of hydrogen-bond donors (Lipinski definition) is 2. The monoisotopic (exact) mass is 199 g/mol. The molecule has 1 aliphatic rings. The summed E-state index contributed by atoms with van der Waals surface area (Å²) in [6.45, 7) is 3.78. The van der Waals surface area contributed by atoms with Gasteiger partial charge in [0.05, 0.1) is 5.57 Å². The molecular formula is C9H13NO4. The molecule has 1 amide bonds.